The number of nitrogens with one attached hydrogen (secondary N) is 2. The Morgan fingerprint density at radius 3 is 2.45 bits per heavy atom. The number of hydrogen-bond acceptors (Lipinski definition) is 7. The van der Waals surface area contributed by atoms with Crippen LogP contribution in [0.4, 0.5) is 21.6 Å². The van der Waals surface area contributed by atoms with Gasteiger partial charge >= 0.3 is 0 Å². The second-order valence-corrected chi connectivity index (χ2v) is 11.2. The first-order valence-corrected chi connectivity index (χ1v) is 14.0. The van der Waals surface area contributed by atoms with Gasteiger partial charge in [0, 0.05) is 53.2 Å². The van der Waals surface area contributed by atoms with Gasteiger partial charge in [0.1, 0.15) is 12.1 Å². The van der Waals surface area contributed by atoms with Crippen molar-refractivity contribution in [1.29, 1.82) is 0 Å². The number of methoxy groups -OCH3 is 1. The third kappa shape index (κ3) is 6.05. The quantitative estimate of drug-likeness (QED) is 0.237. The summed E-state index contributed by atoms with van der Waals surface area (Å²) in [6.45, 7) is 1.87. The van der Waals surface area contributed by atoms with Gasteiger partial charge in [0.05, 0.1) is 17.7 Å². The summed E-state index contributed by atoms with van der Waals surface area (Å²) in [5, 5.41) is 4.36. The molecule has 0 atom stereocenters. The van der Waals surface area contributed by atoms with Crippen LogP contribution in [-0.4, -0.2) is 55.6 Å². The fourth-order valence-electron chi connectivity index (χ4n) is 4.24. The average Bonchev–Trinajstić information content (AvgIpc) is 3.35. The van der Waals surface area contributed by atoms with E-state index in [9.17, 15) is 12.8 Å². The van der Waals surface area contributed by atoms with Gasteiger partial charge in [-0.2, -0.15) is 0 Å². The Morgan fingerprint density at radius 1 is 0.950 bits per heavy atom. The van der Waals surface area contributed by atoms with E-state index in [-0.39, 0.29) is 10.6 Å². The van der Waals surface area contributed by atoms with Gasteiger partial charge in [-0.15, -0.1) is 0 Å². The van der Waals surface area contributed by atoms with Gasteiger partial charge in [0.25, 0.3) is 10.0 Å². The predicted octanol–water partition coefficient (Wildman–Crippen LogP) is 5.35. The van der Waals surface area contributed by atoms with E-state index in [2.05, 4.69) is 74.0 Å². The number of likely N-dealkylation sites (N-methyl/N-ethyl adjacent to an activating group) is 1. The SMILES string of the molecule is COc1ccc(S(=O)(=O)Nc2ccc(Nc3cc(-c4ccc5c(ccn5CCN(C)C)c4)ncn3)cc2)cc1F. The molecule has 2 heterocycles. The van der Waals surface area contributed by atoms with Gasteiger partial charge < -0.3 is 19.5 Å². The topological polar surface area (TPSA) is 101 Å². The summed E-state index contributed by atoms with van der Waals surface area (Å²) in [4.78, 5) is 10.7. The van der Waals surface area contributed by atoms with Crippen LogP contribution < -0.4 is 14.8 Å². The first-order chi connectivity index (χ1) is 19.2. The molecule has 2 aromatic heterocycles. The minimum absolute atomic E-state index is 0.0301. The highest BCUT2D eigenvalue weighted by Crippen LogP contribution is 2.27. The van der Waals surface area contributed by atoms with Gasteiger partial charge in [0.15, 0.2) is 11.6 Å². The maximum absolute atomic E-state index is 14.0. The van der Waals surface area contributed by atoms with Crippen molar-refractivity contribution in [2.24, 2.45) is 0 Å². The van der Waals surface area contributed by atoms with Crippen molar-refractivity contribution in [2.75, 3.05) is 37.8 Å². The van der Waals surface area contributed by atoms with Crippen LogP contribution in [0.3, 0.4) is 0 Å². The molecule has 0 bridgehead atoms. The second-order valence-electron chi connectivity index (χ2n) is 9.48. The summed E-state index contributed by atoms with van der Waals surface area (Å²) < 4.78 is 48.9. The van der Waals surface area contributed by atoms with Crippen molar-refractivity contribution >= 4 is 38.1 Å². The van der Waals surface area contributed by atoms with Crippen molar-refractivity contribution in [3.63, 3.8) is 0 Å². The fourth-order valence-corrected chi connectivity index (χ4v) is 5.31. The number of sulfonamides is 1. The van der Waals surface area contributed by atoms with Crippen molar-refractivity contribution < 1.29 is 17.5 Å². The smallest absolute Gasteiger partial charge is 0.262 e. The molecule has 0 aliphatic rings. The zero-order valence-electron chi connectivity index (χ0n) is 22.3. The molecule has 2 N–H and O–H groups in total. The lowest BCUT2D eigenvalue weighted by Gasteiger charge is -2.12. The molecular formula is C29H29FN6O3S. The average molecular weight is 561 g/mol. The Balaban J connectivity index is 1.28. The summed E-state index contributed by atoms with van der Waals surface area (Å²) in [6.07, 6.45) is 3.60. The zero-order valence-corrected chi connectivity index (χ0v) is 23.1. The number of anilines is 3. The number of halogens is 1. The lowest BCUT2D eigenvalue weighted by molar-refractivity contribution is 0.385. The van der Waals surface area contributed by atoms with Crippen molar-refractivity contribution in [2.45, 2.75) is 11.4 Å². The molecule has 0 amide bonds. The first kappa shape index (κ1) is 27.1. The van der Waals surface area contributed by atoms with Crippen LogP contribution in [0.5, 0.6) is 5.75 Å². The first-order valence-electron chi connectivity index (χ1n) is 12.5. The Labute approximate surface area is 232 Å². The minimum atomic E-state index is -3.98. The maximum Gasteiger partial charge on any atom is 0.262 e. The van der Waals surface area contributed by atoms with Crippen LogP contribution in [0.2, 0.25) is 0 Å². The van der Waals surface area contributed by atoms with Crippen LogP contribution in [0.25, 0.3) is 22.2 Å². The van der Waals surface area contributed by atoms with Crippen molar-refractivity contribution in [1.82, 2.24) is 19.4 Å². The van der Waals surface area contributed by atoms with E-state index in [0.717, 1.165) is 35.8 Å². The summed E-state index contributed by atoms with van der Waals surface area (Å²) in [5.41, 5.74) is 3.96. The Bertz CT molecular complexity index is 1750. The highest BCUT2D eigenvalue weighted by atomic mass is 32.2. The number of fused-ring (bicyclic) bond motifs is 1. The second kappa shape index (κ2) is 11.3. The van der Waals surface area contributed by atoms with Crippen molar-refractivity contribution in [3.8, 4) is 17.0 Å². The number of rotatable bonds is 10. The molecule has 0 saturated heterocycles. The Morgan fingerprint density at radius 2 is 1.73 bits per heavy atom. The van der Waals surface area contributed by atoms with E-state index in [1.54, 1.807) is 24.3 Å². The van der Waals surface area contributed by atoms with E-state index < -0.39 is 15.8 Å². The molecule has 206 valence electrons. The van der Waals surface area contributed by atoms with E-state index in [0.29, 0.717) is 17.2 Å². The van der Waals surface area contributed by atoms with Gasteiger partial charge in [-0.05, 0) is 74.8 Å². The number of aromatic nitrogens is 3. The summed E-state index contributed by atoms with van der Waals surface area (Å²) in [6, 6.07) is 20.4. The molecule has 9 nitrogen and oxygen atoms in total. The molecule has 0 radical (unpaired) electrons. The van der Waals surface area contributed by atoms with Crippen LogP contribution in [-0.2, 0) is 16.6 Å². The van der Waals surface area contributed by atoms with Crippen LogP contribution >= 0.6 is 0 Å². The minimum Gasteiger partial charge on any atom is -0.494 e. The number of benzene rings is 3. The third-order valence-electron chi connectivity index (χ3n) is 6.37. The molecule has 0 saturated carbocycles. The monoisotopic (exact) mass is 560 g/mol. The number of ether oxygens (including phenoxy) is 1. The highest BCUT2D eigenvalue weighted by Gasteiger charge is 2.17. The highest BCUT2D eigenvalue weighted by molar-refractivity contribution is 7.92. The molecule has 40 heavy (non-hydrogen) atoms. The normalized spacial score (nSPS) is 11.6. The fraction of sp³-hybridized carbons (Fsp3) is 0.172. The predicted molar refractivity (Wildman–Crippen MR) is 155 cm³/mol. The summed E-state index contributed by atoms with van der Waals surface area (Å²) in [7, 11) is 1.46. The lowest BCUT2D eigenvalue weighted by atomic mass is 10.1. The molecule has 5 aromatic rings. The molecule has 3 aromatic carbocycles. The van der Waals surface area contributed by atoms with Crippen molar-refractivity contribution in [3.05, 3.63) is 91.1 Å². The molecule has 11 heteroatoms. The lowest BCUT2D eigenvalue weighted by Crippen LogP contribution is -2.17. The number of nitrogens with zero attached hydrogens (tertiary/aromatic N) is 4. The number of hydrogen-bond donors (Lipinski definition) is 2. The van der Waals surface area contributed by atoms with Crippen LogP contribution in [0.1, 0.15) is 0 Å². The molecule has 0 fully saturated rings. The molecular weight excluding hydrogens is 531 g/mol. The van der Waals surface area contributed by atoms with Gasteiger partial charge in [-0.3, -0.25) is 4.72 Å². The van der Waals surface area contributed by atoms with Crippen LogP contribution in [0.15, 0.2) is 90.2 Å². The molecule has 5 rings (SSSR count). The van der Waals surface area contributed by atoms with Gasteiger partial charge in [-0.25, -0.2) is 22.8 Å². The molecule has 0 spiro atoms. The van der Waals surface area contributed by atoms with E-state index >= 15 is 0 Å². The van der Waals surface area contributed by atoms with E-state index in [1.165, 1.54) is 31.1 Å². The standard InChI is InChI=1S/C29H29FN6O3S/c1-35(2)14-15-36-13-12-21-16-20(4-10-27(21)36)26-18-29(32-19-31-26)33-22-5-7-23(8-6-22)34-40(37,38)24-9-11-28(39-3)25(30)17-24/h4-13,16-19,34H,14-15H2,1-3H3,(H,31,32,33). The largest absolute Gasteiger partial charge is 0.494 e. The molecule has 0 unspecified atom stereocenters. The summed E-state index contributed by atoms with van der Waals surface area (Å²) in [5.74, 6) is -0.194. The van der Waals surface area contributed by atoms with E-state index in [4.69, 9.17) is 4.74 Å². The van der Waals surface area contributed by atoms with Crippen LogP contribution in [0, 0.1) is 5.82 Å². The van der Waals surface area contributed by atoms with Gasteiger partial charge in [0.2, 0.25) is 0 Å². The molecule has 0 aliphatic carbocycles. The third-order valence-corrected chi connectivity index (χ3v) is 7.74. The zero-order chi connectivity index (χ0) is 28.3. The molecule has 0 aliphatic heterocycles. The van der Waals surface area contributed by atoms with E-state index in [1.807, 2.05) is 6.07 Å². The van der Waals surface area contributed by atoms with Gasteiger partial charge in [-0.1, -0.05) is 6.07 Å². The summed E-state index contributed by atoms with van der Waals surface area (Å²) >= 11 is 0. The Hall–Kier alpha value is -4.48. The maximum atomic E-state index is 14.0. The Kier molecular flexibility index (Phi) is 7.67.